The predicted octanol–water partition coefficient (Wildman–Crippen LogP) is 5.39. The maximum atomic E-state index is 13.8. The first-order valence-corrected chi connectivity index (χ1v) is 28.7. The van der Waals surface area contributed by atoms with Gasteiger partial charge in [0.25, 0.3) is 11.8 Å². The summed E-state index contributed by atoms with van der Waals surface area (Å²) < 4.78 is 29.4. The zero-order valence-corrected chi connectivity index (χ0v) is 49.3. The number of imide groups is 1. The lowest BCUT2D eigenvalue weighted by Crippen LogP contribution is -2.53. The van der Waals surface area contributed by atoms with Gasteiger partial charge in [-0.3, -0.25) is 33.7 Å². The van der Waals surface area contributed by atoms with Crippen LogP contribution in [0.1, 0.15) is 126 Å². The van der Waals surface area contributed by atoms with E-state index in [0.29, 0.717) is 48.9 Å². The quantitative estimate of drug-likeness (QED) is 0.0144. The Bertz CT molecular complexity index is 2490. The highest BCUT2D eigenvalue weighted by atomic mass is 16.6. The van der Waals surface area contributed by atoms with Gasteiger partial charge in [0.15, 0.2) is 6.10 Å². The molecule has 4 aliphatic heterocycles. The molecule has 0 radical (unpaired) electrons. The van der Waals surface area contributed by atoms with Crippen LogP contribution in [0.2, 0.25) is 0 Å². The molecule has 6 N–H and O–H groups in total. The molecule has 1 aromatic carbocycles. The Balaban J connectivity index is 1.07. The number of benzene rings is 1. The third-order valence-electron chi connectivity index (χ3n) is 15.6. The first kappa shape index (κ1) is 66.3. The smallest absolute Gasteiger partial charge is 0.410 e. The van der Waals surface area contributed by atoms with Gasteiger partial charge >= 0.3 is 18.2 Å². The minimum Gasteiger partial charge on any atom is -0.457 e. The van der Waals surface area contributed by atoms with E-state index in [0.717, 1.165) is 4.90 Å². The minimum atomic E-state index is -1.22. The van der Waals surface area contributed by atoms with Crippen molar-refractivity contribution in [2.24, 2.45) is 17.8 Å². The Morgan fingerprint density at radius 3 is 2.18 bits per heavy atom. The number of cyclic esters (lactones) is 1. The van der Waals surface area contributed by atoms with Crippen LogP contribution in [0, 0.1) is 17.8 Å². The van der Waals surface area contributed by atoms with Crippen molar-refractivity contribution in [1.82, 2.24) is 25.3 Å². The number of carbonyl (C=O) groups excluding carboxylic acids is 8. The van der Waals surface area contributed by atoms with Crippen LogP contribution < -0.4 is 16.0 Å². The summed E-state index contributed by atoms with van der Waals surface area (Å²) >= 11 is 0. The molecule has 2 fully saturated rings. The van der Waals surface area contributed by atoms with E-state index in [2.05, 4.69) is 16.0 Å². The molecule has 0 aromatic heterocycles. The lowest BCUT2D eigenvalue weighted by atomic mass is 9.88. The highest BCUT2D eigenvalue weighted by Gasteiger charge is 2.47. The van der Waals surface area contributed by atoms with Gasteiger partial charge in [-0.05, 0) is 95.1 Å². The van der Waals surface area contributed by atoms with Crippen LogP contribution in [0.5, 0.6) is 0 Å². The fraction of sp³-hybridized carbons (Fsp3) is 0.633. The molecule has 0 spiro atoms. The number of epoxide rings is 1. The lowest BCUT2D eigenvalue weighted by Gasteiger charge is -2.38. The van der Waals surface area contributed by atoms with Crippen LogP contribution >= 0.6 is 0 Å². The summed E-state index contributed by atoms with van der Waals surface area (Å²) in [5.74, 6) is -3.41. The molecular formula is C60H88N6O16. The Morgan fingerprint density at radius 2 is 1.56 bits per heavy atom. The van der Waals surface area contributed by atoms with Crippen LogP contribution in [0.3, 0.4) is 0 Å². The van der Waals surface area contributed by atoms with E-state index in [-0.39, 0.29) is 107 Å². The highest BCUT2D eigenvalue weighted by molar-refractivity contribution is 6.12. The van der Waals surface area contributed by atoms with Crippen molar-refractivity contribution in [3.8, 4) is 0 Å². The molecule has 7 amide bonds. The number of hydrogen-bond acceptors (Lipinski definition) is 16. The van der Waals surface area contributed by atoms with Gasteiger partial charge in [0.1, 0.15) is 30.4 Å². The van der Waals surface area contributed by atoms with Crippen molar-refractivity contribution in [2.75, 3.05) is 45.2 Å². The molecule has 2 saturated heterocycles. The molecular weight excluding hydrogens is 1060 g/mol. The zero-order valence-electron chi connectivity index (χ0n) is 49.3. The van der Waals surface area contributed by atoms with E-state index in [1.807, 2.05) is 20.8 Å². The first-order valence-electron chi connectivity index (χ1n) is 28.7. The van der Waals surface area contributed by atoms with Gasteiger partial charge in [0, 0.05) is 82.4 Å². The molecule has 22 heteroatoms. The third kappa shape index (κ3) is 19.9. The summed E-state index contributed by atoms with van der Waals surface area (Å²) in [5, 5.41) is 40.5. The normalized spacial score (nSPS) is 26.1. The number of ether oxygens (including phenoxy) is 5. The van der Waals surface area contributed by atoms with Crippen LogP contribution in [-0.4, -0.2) is 177 Å². The van der Waals surface area contributed by atoms with Crippen molar-refractivity contribution in [1.29, 1.82) is 0 Å². The molecule has 454 valence electrons. The summed E-state index contributed by atoms with van der Waals surface area (Å²) in [7, 11) is 1.49. The number of esters is 1. The number of aliphatic hydroxyl groups is 3. The van der Waals surface area contributed by atoms with Crippen molar-refractivity contribution >= 4 is 53.4 Å². The van der Waals surface area contributed by atoms with Crippen LogP contribution in [0.15, 0.2) is 72.4 Å². The molecule has 4 aliphatic rings. The van der Waals surface area contributed by atoms with E-state index >= 15 is 0 Å². The molecule has 5 rings (SSSR count). The number of carbonyl (C=O) groups is 8. The Hall–Kier alpha value is -6.46. The third-order valence-corrected chi connectivity index (χ3v) is 15.6. The van der Waals surface area contributed by atoms with Crippen LogP contribution in [0.4, 0.5) is 15.3 Å². The van der Waals surface area contributed by atoms with Crippen LogP contribution in [-0.2, 0) is 59.1 Å². The van der Waals surface area contributed by atoms with Crippen molar-refractivity contribution in [3.05, 3.63) is 77.9 Å². The number of amides is 7. The maximum absolute atomic E-state index is 13.8. The van der Waals surface area contributed by atoms with Gasteiger partial charge in [-0.1, -0.05) is 77.5 Å². The van der Waals surface area contributed by atoms with Gasteiger partial charge in [-0.15, -0.1) is 0 Å². The fourth-order valence-electron chi connectivity index (χ4n) is 9.97. The summed E-state index contributed by atoms with van der Waals surface area (Å²) in [4.78, 5) is 107. The second kappa shape index (κ2) is 30.7. The molecule has 22 nitrogen and oxygen atoms in total. The number of methoxy groups -OCH3 is 1. The topological polar surface area (TPSA) is 293 Å². The number of anilines is 1. The van der Waals surface area contributed by atoms with Crippen molar-refractivity contribution < 1.29 is 77.4 Å². The average Bonchev–Trinajstić information content (AvgIpc) is 4.34. The number of aliphatic hydroxyl groups excluding tert-OH is 2. The van der Waals surface area contributed by atoms with E-state index in [9.17, 15) is 53.7 Å². The lowest BCUT2D eigenvalue weighted by molar-refractivity contribution is -0.151. The Kier molecular flexibility index (Phi) is 24.9. The Labute approximate surface area is 482 Å². The monoisotopic (exact) mass is 1150 g/mol. The summed E-state index contributed by atoms with van der Waals surface area (Å²) in [6.45, 7) is 16.8. The minimum absolute atomic E-state index is 0.0538. The van der Waals surface area contributed by atoms with Gasteiger partial charge in [-0.2, -0.15) is 0 Å². The summed E-state index contributed by atoms with van der Waals surface area (Å²) in [5.41, 5.74) is -0.598. The largest absolute Gasteiger partial charge is 0.457 e. The number of rotatable bonds is 24. The fourth-order valence-corrected chi connectivity index (χ4v) is 9.97. The molecule has 0 bridgehead atoms. The summed E-state index contributed by atoms with van der Waals surface area (Å²) in [6.07, 6.45) is 9.10. The van der Waals surface area contributed by atoms with E-state index < -0.39 is 83.6 Å². The number of nitrogens with zero attached hydrogens (tertiary/aromatic N) is 3. The molecule has 1 aromatic rings. The number of allylic oxidation sites excluding steroid dienone is 2. The van der Waals surface area contributed by atoms with E-state index in [4.69, 9.17) is 23.7 Å². The van der Waals surface area contributed by atoms with Crippen molar-refractivity contribution in [3.63, 3.8) is 0 Å². The van der Waals surface area contributed by atoms with E-state index in [1.54, 1.807) is 89.3 Å². The Morgan fingerprint density at radius 1 is 0.915 bits per heavy atom. The van der Waals surface area contributed by atoms with Gasteiger partial charge in [0.2, 0.25) is 17.7 Å². The predicted molar refractivity (Wildman–Crippen MR) is 303 cm³/mol. The van der Waals surface area contributed by atoms with Gasteiger partial charge in [-0.25, -0.2) is 9.59 Å². The molecule has 4 heterocycles. The van der Waals surface area contributed by atoms with Crippen molar-refractivity contribution in [2.45, 2.75) is 187 Å². The summed E-state index contributed by atoms with van der Waals surface area (Å²) in [6, 6.07) is 4.77. The molecule has 5 unspecified atom stereocenters. The zero-order chi connectivity index (χ0) is 60.5. The highest BCUT2D eigenvalue weighted by Crippen LogP contribution is 2.38. The van der Waals surface area contributed by atoms with Crippen LogP contribution in [0.25, 0.3) is 0 Å². The second-order valence-electron chi connectivity index (χ2n) is 22.9. The standard InChI is InChI=1S/C60H88N6O16/c1-11-45(68)40(6)54-46(80-54)35-59(8,77)27-15-16-38(4)53-39(5)18-23-47(60(9,78-10)28-26-44(67)34-51(72)82-53)81-58(76)65-32-30-64(31-33-65)57(75)79-36-42-19-21-43(22-20-42)62-55(73)41(7)61-56(74)52(37(2)3)63-48(69)17-13-12-14-29-66-49(70)24-25-50(66)71/h15-16,18-25,27,37,39-41,44-47,52-54,67-68,77H,11-14,17,26,28-36H2,1-10H3,(H,61,74)(H,62,73)(H,63,69)/b23-18+,27-15+,38-16+/t39-,40?,41?,44+,45?,46-,47-,52?,53+,54-,59?,60+/m0/s1. The number of nitrogens with one attached hydrogen (secondary N) is 3. The average molecular weight is 1150 g/mol. The molecule has 0 saturated carbocycles. The number of hydrogen-bond donors (Lipinski definition) is 6. The van der Waals surface area contributed by atoms with E-state index in [1.165, 1.54) is 36.0 Å². The number of unbranched alkanes of at least 4 members (excludes halogenated alkanes) is 2. The van der Waals surface area contributed by atoms with Gasteiger partial charge < -0.3 is 64.8 Å². The first-order chi connectivity index (χ1) is 38.7. The molecule has 82 heavy (non-hydrogen) atoms. The van der Waals surface area contributed by atoms with Gasteiger partial charge in [0.05, 0.1) is 36.4 Å². The SMILES string of the molecule is CCC(O)C(C)[C@@H]1O[C@H]1CC(C)(O)/C=C/C=C(\C)[C@H]1OC(=O)C[C@H](O)CC[C@@](C)(OC)[C@@H](OC(=O)N2CCN(C(=O)OCc3ccc(NC(=O)C(C)NC(=O)C(NC(=O)CCCCCN4C(=O)C=CC4=O)C(C)C)cc3)CC2)/C=C/[C@@H]1C. The maximum Gasteiger partial charge on any atom is 0.410 e. The second-order valence-corrected chi connectivity index (χ2v) is 22.9. The molecule has 12 atom stereocenters. The molecule has 0 aliphatic carbocycles. The number of piperazine rings is 1.